The second-order valence-corrected chi connectivity index (χ2v) is 5.61. The fourth-order valence-corrected chi connectivity index (χ4v) is 2.47. The van der Waals surface area contributed by atoms with E-state index in [-0.39, 0.29) is 6.10 Å². The lowest BCUT2D eigenvalue weighted by atomic mass is 10.3. The summed E-state index contributed by atoms with van der Waals surface area (Å²) in [5.41, 5.74) is 1.12. The van der Waals surface area contributed by atoms with Crippen LogP contribution in [0.2, 0.25) is 0 Å². The normalized spacial score (nSPS) is 19.5. The third kappa shape index (κ3) is 5.44. The molecule has 1 aromatic rings. The molecule has 0 aromatic carbocycles. The zero-order chi connectivity index (χ0) is 13.3. The van der Waals surface area contributed by atoms with E-state index in [2.05, 4.69) is 27.5 Å². The van der Waals surface area contributed by atoms with Gasteiger partial charge in [0, 0.05) is 49.9 Å². The van der Waals surface area contributed by atoms with E-state index in [9.17, 15) is 0 Å². The molecule has 1 aliphatic rings. The van der Waals surface area contributed by atoms with E-state index in [0.29, 0.717) is 0 Å². The second kappa shape index (κ2) is 8.47. The predicted octanol–water partition coefficient (Wildman–Crippen LogP) is 1.06. The van der Waals surface area contributed by atoms with Crippen LogP contribution in [-0.2, 0) is 11.3 Å². The summed E-state index contributed by atoms with van der Waals surface area (Å²) >= 11 is 1.70. The van der Waals surface area contributed by atoms with Gasteiger partial charge in [-0.3, -0.25) is 0 Å². The first-order valence-electron chi connectivity index (χ1n) is 6.85. The van der Waals surface area contributed by atoms with Gasteiger partial charge in [0.15, 0.2) is 5.16 Å². The molecule has 1 atom stereocenters. The number of aromatic nitrogens is 2. The van der Waals surface area contributed by atoms with Crippen LogP contribution in [0, 0.1) is 0 Å². The van der Waals surface area contributed by atoms with Gasteiger partial charge in [-0.1, -0.05) is 18.7 Å². The van der Waals surface area contributed by atoms with Gasteiger partial charge in [-0.15, -0.1) is 0 Å². The summed E-state index contributed by atoms with van der Waals surface area (Å²) in [6.07, 6.45) is 5.22. The Labute approximate surface area is 118 Å². The maximum atomic E-state index is 5.62. The lowest BCUT2D eigenvalue weighted by molar-refractivity contribution is 0.0290. The second-order valence-electron chi connectivity index (χ2n) is 4.55. The molecule has 2 heterocycles. The Balaban J connectivity index is 1.67. The Morgan fingerprint density at radius 3 is 3.00 bits per heavy atom. The van der Waals surface area contributed by atoms with Gasteiger partial charge >= 0.3 is 0 Å². The molecule has 1 aliphatic heterocycles. The van der Waals surface area contributed by atoms with Crippen LogP contribution in [0.5, 0.6) is 0 Å². The molecule has 106 valence electrons. The number of nitrogens with one attached hydrogen (secondary N) is 2. The fraction of sp³-hybridized carbons (Fsp3) is 0.692. The van der Waals surface area contributed by atoms with Crippen molar-refractivity contribution >= 4 is 11.8 Å². The standard InChI is InChI=1S/C13H22N4OS/c1-2-5-19-13-16-7-11(8-17-13)6-15-10-12-9-14-3-4-18-12/h7-8,12,14-15H,2-6,9-10H2,1H3/t12-/m0/s1. The first-order chi connectivity index (χ1) is 9.38. The number of morpholine rings is 1. The van der Waals surface area contributed by atoms with Crippen LogP contribution < -0.4 is 10.6 Å². The molecule has 1 aromatic heterocycles. The highest BCUT2D eigenvalue weighted by Gasteiger charge is 2.12. The molecule has 0 unspecified atom stereocenters. The molecular formula is C13H22N4OS. The molecule has 1 saturated heterocycles. The topological polar surface area (TPSA) is 59.1 Å². The molecule has 2 rings (SSSR count). The summed E-state index contributed by atoms with van der Waals surface area (Å²) < 4.78 is 5.62. The molecule has 0 spiro atoms. The molecular weight excluding hydrogens is 260 g/mol. The van der Waals surface area contributed by atoms with Crippen molar-refractivity contribution in [1.82, 2.24) is 20.6 Å². The van der Waals surface area contributed by atoms with E-state index in [1.54, 1.807) is 11.8 Å². The lowest BCUT2D eigenvalue weighted by Crippen LogP contribution is -2.43. The van der Waals surface area contributed by atoms with E-state index in [1.807, 2.05) is 12.4 Å². The van der Waals surface area contributed by atoms with E-state index in [4.69, 9.17) is 4.74 Å². The van der Waals surface area contributed by atoms with Crippen molar-refractivity contribution < 1.29 is 4.74 Å². The van der Waals surface area contributed by atoms with Crippen LogP contribution in [0.25, 0.3) is 0 Å². The highest BCUT2D eigenvalue weighted by atomic mass is 32.2. The van der Waals surface area contributed by atoms with Gasteiger partial charge in [0.2, 0.25) is 0 Å². The van der Waals surface area contributed by atoms with Crippen molar-refractivity contribution in [3.63, 3.8) is 0 Å². The highest BCUT2D eigenvalue weighted by molar-refractivity contribution is 7.99. The molecule has 0 saturated carbocycles. The average molecular weight is 282 g/mol. The Bertz CT molecular complexity index is 354. The zero-order valence-corrected chi connectivity index (χ0v) is 12.2. The molecule has 1 fully saturated rings. The van der Waals surface area contributed by atoms with Crippen LogP contribution in [0.15, 0.2) is 17.6 Å². The molecule has 2 N–H and O–H groups in total. The first-order valence-corrected chi connectivity index (χ1v) is 7.84. The van der Waals surface area contributed by atoms with Gasteiger partial charge in [-0.25, -0.2) is 9.97 Å². The van der Waals surface area contributed by atoms with Crippen molar-refractivity contribution in [2.24, 2.45) is 0 Å². The van der Waals surface area contributed by atoms with Crippen LogP contribution in [0.3, 0.4) is 0 Å². The SMILES string of the molecule is CCCSc1ncc(CNC[C@@H]2CNCCO2)cn1. The third-order valence-electron chi connectivity index (χ3n) is 2.82. The van der Waals surface area contributed by atoms with Crippen LogP contribution >= 0.6 is 11.8 Å². The van der Waals surface area contributed by atoms with Crippen molar-refractivity contribution in [1.29, 1.82) is 0 Å². The number of thioether (sulfide) groups is 1. The Morgan fingerprint density at radius 2 is 2.32 bits per heavy atom. The van der Waals surface area contributed by atoms with Crippen molar-refractivity contribution in [3.8, 4) is 0 Å². The average Bonchev–Trinajstić information content (AvgIpc) is 2.47. The van der Waals surface area contributed by atoms with Crippen LogP contribution in [0.4, 0.5) is 0 Å². The number of hydrogen-bond donors (Lipinski definition) is 2. The number of ether oxygens (including phenoxy) is 1. The summed E-state index contributed by atoms with van der Waals surface area (Å²) in [4.78, 5) is 8.70. The number of nitrogens with zero attached hydrogens (tertiary/aromatic N) is 2. The fourth-order valence-electron chi connectivity index (χ4n) is 1.83. The minimum absolute atomic E-state index is 0.272. The number of hydrogen-bond acceptors (Lipinski definition) is 6. The first kappa shape index (κ1) is 14.7. The number of rotatable bonds is 7. The van der Waals surface area contributed by atoms with Crippen molar-refractivity contribution in [2.45, 2.75) is 31.1 Å². The largest absolute Gasteiger partial charge is 0.374 e. The molecule has 0 amide bonds. The van der Waals surface area contributed by atoms with E-state index in [1.165, 1.54) is 0 Å². The molecule has 0 aliphatic carbocycles. The summed E-state index contributed by atoms with van der Waals surface area (Å²) in [5.74, 6) is 1.07. The van der Waals surface area contributed by atoms with Gasteiger partial charge in [0.05, 0.1) is 12.7 Å². The van der Waals surface area contributed by atoms with Crippen molar-refractivity contribution in [2.75, 3.05) is 32.0 Å². The summed E-state index contributed by atoms with van der Waals surface area (Å²) in [6.45, 7) is 6.50. The minimum atomic E-state index is 0.272. The van der Waals surface area contributed by atoms with E-state index >= 15 is 0 Å². The molecule has 5 nitrogen and oxygen atoms in total. The smallest absolute Gasteiger partial charge is 0.187 e. The summed E-state index contributed by atoms with van der Waals surface area (Å²) in [5, 5.41) is 7.57. The van der Waals surface area contributed by atoms with Crippen LogP contribution in [-0.4, -0.2) is 48.1 Å². The maximum Gasteiger partial charge on any atom is 0.187 e. The zero-order valence-electron chi connectivity index (χ0n) is 11.4. The molecule has 6 heteroatoms. The quantitative estimate of drug-likeness (QED) is 0.576. The van der Waals surface area contributed by atoms with E-state index in [0.717, 1.165) is 55.7 Å². The Morgan fingerprint density at radius 1 is 1.47 bits per heavy atom. The van der Waals surface area contributed by atoms with Crippen molar-refractivity contribution in [3.05, 3.63) is 18.0 Å². The summed E-state index contributed by atoms with van der Waals surface area (Å²) in [6, 6.07) is 0. The third-order valence-corrected chi connectivity index (χ3v) is 3.90. The lowest BCUT2D eigenvalue weighted by Gasteiger charge is -2.23. The Hall–Kier alpha value is -0.690. The van der Waals surface area contributed by atoms with Gasteiger partial charge in [-0.2, -0.15) is 0 Å². The van der Waals surface area contributed by atoms with E-state index < -0.39 is 0 Å². The summed E-state index contributed by atoms with van der Waals surface area (Å²) in [7, 11) is 0. The Kier molecular flexibility index (Phi) is 6.56. The highest BCUT2D eigenvalue weighted by Crippen LogP contribution is 2.12. The van der Waals surface area contributed by atoms with Gasteiger partial charge in [0.1, 0.15) is 0 Å². The maximum absolute atomic E-state index is 5.62. The minimum Gasteiger partial charge on any atom is -0.374 e. The van der Waals surface area contributed by atoms with Gasteiger partial charge in [0.25, 0.3) is 0 Å². The van der Waals surface area contributed by atoms with Crippen LogP contribution in [0.1, 0.15) is 18.9 Å². The monoisotopic (exact) mass is 282 g/mol. The molecule has 19 heavy (non-hydrogen) atoms. The predicted molar refractivity (Wildman–Crippen MR) is 77.4 cm³/mol. The molecule has 0 bridgehead atoms. The van der Waals surface area contributed by atoms with Gasteiger partial charge < -0.3 is 15.4 Å². The molecule has 0 radical (unpaired) electrons. The van der Waals surface area contributed by atoms with Gasteiger partial charge in [-0.05, 0) is 6.42 Å².